The van der Waals surface area contributed by atoms with Crippen LogP contribution >= 0.6 is 0 Å². The van der Waals surface area contributed by atoms with Crippen LogP contribution in [0.1, 0.15) is 39.0 Å². The molecular weight excluding hydrogens is 258 g/mol. The molecule has 0 unspecified atom stereocenters. The smallest absolute Gasteiger partial charge is 0.0698 e. The summed E-state index contributed by atoms with van der Waals surface area (Å²) >= 11 is 0. The monoisotopic (exact) mass is 291 g/mol. The Kier molecular flexibility index (Phi) is 16.7. The third-order valence-electron chi connectivity index (χ3n) is 3.15. The van der Waals surface area contributed by atoms with Gasteiger partial charge in [-0.05, 0) is 13.0 Å². The molecule has 0 atom stereocenters. The summed E-state index contributed by atoms with van der Waals surface area (Å²) in [5.41, 5.74) is 0. The van der Waals surface area contributed by atoms with E-state index in [4.69, 9.17) is 19.7 Å². The van der Waals surface area contributed by atoms with E-state index in [0.29, 0.717) is 26.4 Å². The van der Waals surface area contributed by atoms with E-state index in [1.165, 1.54) is 32.1 Å². The average molecular weight is 291 g/mol. The first-order chi connectivity index (χ1) is 9.85. The zero-order valence-corrected chi connectivity index (χ0v) is 13.1. The lowest BCUT2D eigenvalue weighted by Gasteiger charge is -2.22. The van der Waals surface area contributed by atoms with Crippen molar-refractivity contribution in [2.24, 2.45) is 0 Å². The van der Waals surface area contributed by atoms with Gasteiger partial charge in [0.2, 0.25) is 0 Å². The number of aliphatic hydroxyl groups excluding tert-OH is 2. The van der Waals surface area contributed by atoms with Crippen molar-refractivity contribution >= 4 is 0 Å². The van der Waals surface area contributed by atoms with E-state index in [9.17, 15) is 0 Å². The van der Waals surface area contributed by atoms with Gasteiger partial charge in [0.25, 0.3) is 0 Å². The van der Waals surface area contributed by atoms with Crippen LogP contribution in [0.15, 0.2) is 0 Å². The summed E-state index contributed by atoms with van der Waals surface area (Å²) in [5.74, 6) is 0. The van der Waals surface area contributed by atoms with Crippen molar-refractivity contribution in [2.75, 3.05) is 59.3 Å². The Morgan fingerprint density at radius 3 is 1.75 bits per heavy atom. The van der Waals surface area contributed by atoms with Crippen LogP contribution in [0.5, 0.6) is 0 Å². The molecule has 0 fully saturated rings. The van der Waals surface area contributed by atoms with Crippen LogP contribution in [0, 0.1) is 0 Å². The normalized spacial score (nSPS) is 11.4. The van der Waals surface area contributed by atoms with Gasteiger partial charge in [-0.1, -0.05) is 32.6 Å². The molecule has 0 aliphatic carbocycles. The number of nitrogens with zero attached hydrogens (tertiary/aromatic N) is 1. The quantitative estimate of drug-likeness (QED) is 0.419. The number of ether oxygens (including phenoxy) is 2. The molecule has 0 amide bonds. The highest BCUT2D eigenvalue weighted by Crippen LogP contribution is 2.04. The third-order valence-corrected chi connectivity index (χ3v) is 3.15. The first-order valence-electron chi connectivity index (χ1n) is 7.94. The summed E-state index contributed by atoms with van der Waals surface area (Å²) in [4.78, 5) is 2.33. The van der Waals surface area contributed by atoms with E-state index < -0.39 is 0 Å². The van der Waals surface area contributed by atoms with Gasteiger partial charge in [0.15, 0.2) is 0 Å². The summed E-state index contributed by atoms with van der Waals surface area (Å²) in [7, 11) is 0. The minimum atomic E-state index is 0.0800. The topological polar surface area (TPSA) is 62.2 Å². The molecule has 122 valence electrons. The van der Waals surface area contributed by atoms with E-state index in [2.05, 4.69) is 11.8 Å². The lowest BCUT2D eigenvalue weighted by Crippen LogP contribution is -2.32. The summed E-state index contributed by atoms with van der Waals surface area (Å²) in [6.45, 7) is 7.31. The first kappa shape index (κ1) is 19.8. The summed E-state index contributed by atoms with van der Waals surface area (Å²) < 4.78 is 10.6. The molecule has 0 heterocycles. The van der Waals surface area contributed by atoms with Crippen LogP contribution in [0.2, 0.25) is 0 Å². The van der Waals surface area contributed by atoms with E-state index in [1.807, 2.05) is 0 Å². The number of hydrogen-bond donors (Lipinski definition) is 2. The zero-order valence-electron chi connectivity index (χ0n) is 13.1. The van der Waals surface area contributed by atoms with Gasteiger partial charge in [0.1, 0.15) is 0 Å². The van der Waals surface area contributed by atoms with Crippen LogP contribution in [0.3, 0.4) is 0 Å². The highest BCUT2D eigenvalue weighted by Gasteiger charge is 2.04. The minimum absolute atomic E-state index is 0.0800. The average Bonchev–Trinajstić information content (AvgIpc) is 2.47. The molecule has 0 bridgehead atoms. The van der Waals surface area contributed by atoms with Crippen molar-refractivity contribution in [3.8, 4) is 0 Å². The Hall–Kier alpha value is -0.200. The Morgan fingerprint density at radius 1 is 0.700 bits per heavy atom. The maximum absolute atomic E-state index is 8.67. The van der Waals surface area contributed by atoms with Gasteiger partial charge in [-0.15, -0.1) is 0 Å². The van der Waals surface area contributed by atoms with Crippen LogP contribution in [-0.4, -0.2) is 74.4 Å². The zero-order chi connectivity index (χ0) is 14.9. The maximum atomic E-state index is 8.67. The minimum Gasteiger partial charge on any atom is -0.394 e. The van der Waals surface area contributed by atoms with Gasteiger partial charge in [0, 0.05) is 13.1 Å². The molecular formula is C15H33NO4. The fraction of sp³-hybridized carbons (Fsp3) is 1.00. The molecule has 0 aliphatic rings. The third kappa shape index (κ3) is 14.2. The number of rotatable bonds is 16. The van der Waals surface area contributed by atoms with Crippen molar-refractivity contribution in [2.45, 2.75) is 39.0 Å². The van der Waals surface area contributed by atoms with E-state index in [0.717, 1.165) is 19.6 Å². The van der Waals surface area contributed by atoms with Crippen LogP contribution in [0.4, 0.5) is 0 Å². The SMILES string of the molecule is CCCCCCCN(CCOCCO)CCOCCO. The largest absolute Gasteiger partial charge is 0.394 e. The molecule has 5 nitrogen and oxygen atoms in total. The van der Waals surface area contributed by atoms with Gasteiger partial charge < -0.3 is 19.7 Å². The van der Waals surface area contributed by atoms with Crippen LogP contribution < -0.4 is 0 Å². The molecule has 0 spiro atoms. The molecule has 0 radical (unpaired) electrons. The Bertz CT molecular complexity index is 169. The lowest BCUT2D eigenvalue weighted by atomic mass is 10.1. The molecule has 20 heavy (non-hydrogen) atoms. The maximum Gasteiger partial charge on any atom is 0.0698 e. The Labute approximate surface area is 123 Å². The molecule has 0 aromatic rings. The van der Waals surface area contributed by atoms with Crippen molar-refractivity contribution in [1.82, 2.24) is 4.90 Å². The second kappa shape index (κ2) is 16.9. The summed E-state index contributed by atoms with van der Waals surface area (Å²) in [6.07, 6.45) is 6.39. The second-order valence-electron chi connectivity index (χ2n) is 4.93. The van der Waals surface area contributed by atoms with E-state index in [-0.39, 0.29) is 13.2 Å². The second-order valence-corrected chi connectivity index (χ2v) is 4.93. The molecule has 5 heteroatoms. The van der Waals surface area contributed by atoms with Crippen molar-refractivity contribution in [3.05, 3.63) is 0 Å². The predicted molar refractivity (Wildman–Crippen MR) is 81.0 cm³/mol. The number of unbranched alkanes of at least 4 members (excludes halogenated alkanes) is 4. The van der Waals surface area contributed by atoms with Gasteiger partial charge in [-0.3, -0.25) is 4.90 Å². The standard InChI is InChI=1S/C15H33NO4/c1-2-3-4-5-6-7-16(8-12-19-14-10-17)9-13-20-15-11-18/h17-18H,2-15H2,1H3. The van der Waals surface area contributed by atoms with Crippen molar-refractivity contribution in [1.29, 1.82) is 0 Å². The molecule has 0 rings (SSSR count). The molecule has 0 aromatic carbocycles. The molecule has 2 N–H and O–H groups in total. The highest BCUT2D eigenvalue weighted by atomic mass is 16.5. The fourth-order valence-corrected chi connectivity index (χ4v) is 1.99. The van der Waals surface area contributed by atoms with Gasteiger partial charge in [0.05, 0.1) is 39.6 Å². The van der Waals surface area contributed by atoms with Gasteiger partial charge in [-0.25, -0.2) is 0 Å². The van der Waals surface area contributed by atoms with Crippen molar-refractivity contribution < 1.29 is 19.7 Å². The lowest BCUT2D eigenvalue weighted by molar-refractivity contribution is 0.0503. The Morgan fingerprint density at radius 2 is 1.25 bits per heavy atom. The van der Waals surface area contributed by atoms with Crippen LogP contribution in [-0.2, 0) is 9.47 Å². The molecule has 0 aromatic heterocycles. The van der Waals surface area contributed by atoms with Crippen molar-refractivity contribution in [3.63, 3.8) is 0 Å². The van der Waals surface area contributed by atoms with E-state index in [1.54, 1.807) is 0 Å². The van der Waals surface area contributed by atoms with E-state index >= 15 is 0 Å². The predicted octanol–water partition coefficient (Wildman–Crippen LogP) is 1.28. The molecule has 0 saturated carbocycles. The van der Waals surface area contributed by atoms with Gasteiger partial charge in [-0.2, -0.15) is 0 Å². The number of aliphatic hydroxyl groups is 2. The molecule has 0 saturated heterocycles. The molecule has 0 aliphatic heterocycles. The highest BCUT2D eigenvalue weighted by molar-refractivity contribution is 4.58. The first-order valence-corrected chi connectivity index (χ1v) is 7.94. The summed E-state index contributed by atoms with van der Waals surface area (Å²) in [6, 6.07) is 0. The van der Waals surface area contributed by atoms with Crippen LogP contribution in [0.25, 0.3) is 0 Å². The van der Waals surface area contributed by atoms with Gasteiger partial charge >= 0.3 is 0 Å². The Balaban J connectivity index is 3.67. The number of hydrogen-bond acceptors (Lipinski definition) is 5. The fourth-order valence-electron chi connectivity index (χ4n) is 1.99. The summed E-state index contributed by atoms with van der Waals surface area (Å²) in [5, 5.41) is 17.3.